The predicted octanol–water partition coefficient (Wildman–Crippen LogP) is 4.17. The van der Waals surface area contributed by atoms with Crippen molar-refractivity contribution < 1.29 is 27.2 Å². The normalized spacial score (nSPS) is 21.5. The number of anilines is 2. The summed E-state index contributed by atoms with van der Waals surface area (Å²) in [7, 11) is -3.63. The number of sulfonamides is 1. The molecule has 0 saturated carbocycles. The zero-order valence-corrected chi connectivity index (χ0v) is 31.6. The molecule has 7 rings (SSSR count). The molecule has 4 aliphatic rings. The number of hydrogen-bond donors (Lipinski definition) is 3. The summed E-state index contributed by atoms with van der Waals surface area (Å²) in [5, 5.41) is 8.48. The van der Waals surface area contributed by atoms with Gasteiger partial charge < -0.3 is 20.4 Å². The Kier molecular flexibility index (Phi) is 11.8. The van der Waals surface area contributed by atoms with E-state index in [4.69, 9.17) is 11.6 Å². The average molecular weight is 781 g/mol. The number of carbonyl (C=O) groups excluding carboxylic acids is 3. The number of hydrogen-bond acceptors (Lipinski definition) is 10. The van der Waals surface area contributed by atoms with Gasteiger partial charge in [-0.1, -0.05) is 23.7 Å². The Morgan fingerprint density at radius 2 is 1.63 bits per heavy atom. The van der Waals surface area contributed by atoms with Crippen LogP contribution >= 0.6 is 11.6 Å². The van der Waals surface area contributed by atoms with E-state index in [1.807, 2.05) is 18.2 Å². The number of amides is 3. The number of carbonyl (C=O) groups is 3. The number of halogens is 2. The molecule has 3 aromatic rings. The van der Waals surface area contributed by atoms with Crippen molar-refractivity contribution in [1.29, 1.82) is 0 Å². The van der Waals surface area contributed by atoms with E-state index in [2.05, 4.69) is 35.7 Å². The van der Waals surface area contributed by atoms with Crippen LogP contribution in [0, 0.1) is 11.7 Å². The van der Waals surface area contributed by atoms with Gasteiger partial charge in [0, 0.05) is 50.9 Å². The standard InChI is InChI=1S/C38H46ClFN8O5S/c39-28-22-41-38(42-23-28)43-29-12-18-48(19-13-29)54(52,53)31-3-1-2-30(21-31)47-16-8-25(9-17-47)24-46-14-10-26(11-15-46)27-4-5-32(33(40)20-27)36(50)44-34-6-7-35(49)45-37(34)51/h1-5,20-23,25-26,29,34H,6-19,24H2,(H,44,50)(H,41,42,43)(H,45,49,51). The van der Waals surface area contributed by atoms with Gasteiger partial charge in [0.2, 0.25) is 27.8 Å². The first-order valence-corrected chi connectivity index (χ1v) is 20.6. The Balaban J connectivity index is 0.850. The van der Waals surface area contributed by atoms with Gasteiger partial charge in [-0.05, 0) is 106 Å². The van der Waals surface area contributed by atoms with Crippen molar-refractivity contribution in [2.45, 2.75) is 74.3 Å². The molecule has 1 unspecified atom stereocenters. The van der Waals surface area contributed by atoms with Crippen molar-refractivity contribution in [3.63, 3.8) is 0 Å². The molecule has 0 aliphatic carbocycles. The highest BCUT2D eigenvalue weighted by Gasteiger charge is 2.32. The molecule has 0 spiro atoms. The molecule has 4 fully saturated rings. The molecule has 5 heterocycles. The fourth-order valence-corrected chi connectivity index (χ4v) is 9.63. The van der Waals surface area contributed by atoms with Crippen LogP contribution in [0.2, 0.25) is 5.02 Å². The average Bonchev–Trinajstić information content (AvgIpc) is 3.17. The van der Waals surface area contributed by atoms with E-state index < -0.39 is 33.7 Å². The summed E-state index contributed by atoms with van der Waals surface area (Å²) in [6.07, 6.45) is 8.51. The maximum absolute atomic E-state index is 15.1. The van der Waals surface area contributed by atoms with Crippen molar-refractivity contribution in [1.82, 2.24) is 29.8 Å². The molecular weight excluding hydrogens is 735 g/mol. The Morgan fingerprint density at radius 3 is 2.31 bits per heavy atom. The van der Waals surface area contributed by atoms with Crippen molar-refractivity contribution in [3.8, 4) is 0 Å². The molecule has 16 heteroatoms. The lowest BCUT2D eigenvalue weighted by atomic mass is 9.87. The van der Waals surface area contributed by atoms with Gasteiger partial charge in [0.15, 0.2) is 0 Å². The lowest BCUT2D eigenvalue weighted by Crippen LogP contribution is -2.52. The largest absolute Gasteiger partial charge is 0.371 e. The van der Waals surface area contributed by atoms with Crippen LogP contribution in [0.3, 0.4) is 0 Å². The van der Waals surface area contributed by atoms with Gasteiger partial charge in [-0.25, -0.2) is 22.8 Å². The molecule has 13 nitrogen and oxygen atoms in total. The van der Waals surface area contributed by atoms with Crippen LogP contribution in [0.25, 0.3) is 0 Å². The third kappa shape index (κ3) is 9.02. The molecule has 4 saturated heterocycles. The highest BCUT2D eigenvalue weighted by atomic mass is 35.5. The highest BCUT2D eigenvalue weighted by Crippen LogP contribution is 2.32. The number of piperidine rings is 4. The number of rotatable bonds is 10. The minimum absolute atomic E-state index is 0.0795. The third-order valence-corrected chi connectivity index (χ3v) is 13.3. The molecular formula is C38H46ClFN8O5S. The van der Waals surface area contributed by atoms with Gasteiger partial charge in [0.05, 0.1) is 27.9 Å². The Morgan fingerprint density at radius 1 is 0.907 bits per heavy atom. The van der Waals surface area contributed by atoms with E-state index in [0.29, 0.717) is 47.7 Å². The van der Waals surface area contributed by atoms with Gasteiger partial charge >= 0.3 is 0 Å². The number of benzene rings is 2. The van der Waals surface area contributed by atoms with Crippen molar-refractivity contribution >= 4 is 51.0 Å². The fraction of sp³-hybridized carbons (Fsp3) is 0.500. The van der Waals surface area contributed by atoms with Crippen LogP contribution in [0.4, 0.5) is 16.0 Å². The molecule has 0 radical (unpaired) electrons. The van der Waals surface area contributed by atoms with E-state index in [9.17, 15) is 22.8 Å². The first-order valence-electron chi connectivity index (χ1n) is 18.8. The zero-order valence-electron chi connectivity index (χ0n) is 30.1. The van der Waals surface area contributed by atoms with E-state index in [-0.39, 0.29) is 36.3 Å². The van der Waals surface area contributed by atoms with Crippen LogP contribution in [-0.4, -0.2) is 103 Å². The van der Waals surface area contributed by atoms with Gasteiger partial charge in [0.25, 0.3) is 5.91 Å². The van der Waals surface area contributed by atoms with Crippen LogP contribution < -0.4 is 20.9 Å². The van der Waals surface area contributed by atoms with Gasteiger partial charge in [-0.2, -0.15) is 4.31 Å². The van der Waals surface area contributed by atoms with E-state index in [1.54, 1.807) is 16.4 Å². The smallest absolute Gasteiger partial charge is 0.254 e. The molecule has 3 amide bonds. The summed E-state index contributed by atoms with van der Waals surface area (Å²) in [6.45, 7) is 5.36. The molecule has 4 aliphatic heterocycles. The fourth-order valence-electron chi connectivity index (χ4n) is 8.02. The predicted molar refractivity (Wildman–Crippen MR) is 202 cm³/mol. The quantitative estimate of drug-likeness (QED) is 0.256. The minimum atomic E-state index is -3.63. The third-order valence-electron chi connectivity index (χ3n) is 11.2. The number of nitrogens with one attached hydrogen (secondary N) is 3. The molecule has 1 aromatic heterocycles. The van der Waals surface area contributed by atoms with Gasteiger partial charge in [0.1, 0.15) is 11.9 Å². The summed E-state index contributed by atoms with van der Waals surface area (Å²) < 4.78 is 43.9. The summed E-state index contributed by atoms with van der Waals surface area (Å²) in [4.78, 5) is 49.6. The van der Waals surface area contributed by atoms with Crippen LogP contribution in [-0.2, 0) is 19.6 Å². The number of nitrogens with zero attached hydrogens (tertiary/aromatic N) is 5. The molecule has 2 aromatic carbocycles. The SMILES string of the molecule is O=C1CCC(NC(=O)c2ccc(C3CCN(CC4CCN(c5cccc(S(=O)(=O)N6CCC(Nc7ncc(Cl)cn7)CC6)c5)CC4)CC3)cc2F)C(=O)N1. The van der Waals surface area contributed by atoms with Crippen molar-refractivity contribution in [2.24, 2.45) is 5.92 Å². The first kappa shape index (κ1) is 38.1. The Hall–Kier alpha value is -4.18. The van der Waals surface area contributed by atoms with Crippen molar-refractivity contribution in [2.75, 3.05) is 56.0 Å². The molecule has 3 N–H and O–H groups in total. The zero-order chi connectivity index (χ0) is 37.8. The van der Waals surface area contributed by atoms with Gasteiger partial charge in [-0.3, -0.25) is 19.7 Å². The summed E-state index contributed by atoms with van der Waals surface area (Å²) >= 11 is 5.88. The summed E-state index contributed by atoms with van der Waals surface area (Å²) in [5.41, 5.74) is 1.68. The van der Waals surface area contributed by atoms with Crippen LogP contribution in [0.5, 0.6) is 0 Å². The molecule has 54 heavy (non-hydrogen) atoms. The second-order valence-electron chi connectivity index (χ2n) is 14.8. The number of imide groups is 1. The van der Waals surface area contributed by atoms with E-state index in [1.165, 1.54) is 24.5 Å². The second kappa shape index (κ2) is 16.7. The molecule has 288 valence electrons. The van der Waals surface area contributed by atoms with Gasteiger partial charge in [-0.15, -0.1) is 0 Å². The maximum atomic E-state index is 15.1. The maximum Gasteiger partial charge on any atom is 0.254 e. The first-order chi connectivity index (χ1) is 26.0. The monoisotopic (exact) mass is 780 g/mol. The van der Waals surface area contributed by atoms with E-state index >= 15 is 4.39 Å². The number of likely N-dealkylation sites (tertiary alicyclic amines) is 1. The van der Waals surface area contributed by atoms with Crippen LogP contribution in [0.15, 0.2) is 59.8 Å². The number of aromatic nitrogens is 2. The minimum Gasteiger partial charge on any atom is -0.371 e. The molecule has 0 bridgehead atoms. The topological polar surface area (TPSA) is 157 Å². The highest BCUT2D eigenvalue weighted by molar-refractivity contribution is 7.89. The van der Waals surface area contributed by atoms with Crippen molar-refractivity contribution in [3.05, 3.63) is 76.8 Å². The Bertz CT molecular complexity index is 1950. The second-order valence-corrected chi connectivity index (χ2v) is 17.1. The van der Waals surface area contributed by atoms with E-state index in [0.717, 1.165) is 69.7 Å². The molecule has 1 atom stereocenters. The lowest BCUT2D eigenvalue weighted by molar-refractivity contribution is -0.134. The Labute approximate surface area is 320 Å². The summed E-state index contributed by atoms with van der Waals surface area (Å²) in [6, 6.07) is 11.3. The van der Waals surface area contributed by atoms with Crippen LogP contribution in [0.1, 0.15) is 73.2 Å². The lowest BCUT2D eigenvalue weighted by Gasteiger charge is -2.38. The summed E-state index contributed by atoms with van der Waals surface area (Å²) in [5.74, 6) is -1.02.